The summed E-state index contributed by atoms with van der Waals surface area (Å²) in [6.45, 7) is 6.56. The first kappa shape index (κ1) is 25.6. The van der Waals surface area contributed by atoms with Crippen molar-refractivity contribution in [2.24, 2.45) is 0 Å². The van der Waals surface area contributed by atoms with Crippen LogP contribution in [0, 0.1) is 13.8 Å². The number of aromatic nitrogens is 2. The first-order valence-corrected chi connectivity index (χ1v) is 12.5. The third kappa shape index (κ3) is 5.20. The average Bonchev–Trinajstić information content (AvgIpc) is 2.87. The smallest absolute Gasteiger partial charge is 0.322 e. The van der Waals surface area contributed by atoms with Crippen LogP contribution < -0.4 is 10.9 Å². The van der Waals surface area contributed by atoms with E-state index in [0.29, 0.717) is 41.3 Å². The number of anilines is 1. The van der Waals surface area contributed by atoms with Crippen LogP contribution >= 0.6 is 15.9 Å². The molecule has 3 aromatic carbocycles. The van der Waals surface area contributed by atoms with Crippen LogP contribution in [0.3, 0.4) is 0 Å². The molecule has 0 bridgehead atoms. The van der Waals surface area contributed by atoms with Gasteiger partial charge in [-0.3, -0.25) is 9.36 Å². The summed E-state index contributed by atoms with van der Waals surface area (Å²) in [7, 11) is 1.59. The Kier molecular flexibility index (Phi) is 7.86. The molecule has 0 aliphatic heterocycles. The molecule has 1 aromatic heterocycles. The summed E-state index contributed by atoms with van der Waals surface area (Å²) < 4.78 is 7.69. The number of methoxy groups -OCH3 is 1. The van der Waals surface area contributed by atoms with Crippen LogP contribution in [0.25, 0.3) is 16.6 Å². The largest absolute Gasteiger partial charge is 0.383 e. The summed E-state index contributed by atoms with van der Waals surface area (Å²) in [5, 5.41) is 3.49. The van der Waals surface area contributed by atoms with Crippen molar-refractivity contribution in [2.75, 3.05) is 25.6 Å². The maximum absolute atomic E-state index is 13.8. The first-order chi connectivity index (χ1) is 17.3. The molecule has 0 saturated heterocycles. The minimum absolute atomic E-state index is 0.177. The minimum atomic E-state index is -0.540. The van der Waals surface area contributed by atoms with E-state index in [0.717, 1.165) is 15.6 Å². The van der Waals surface area contributed by atoms with Gasteiger partial charge in [0, 0.05) is 18.1 Å². The fourth-order valence-electron chi connectivity index (χ4n) is 4.09. The molecule has 7 nitrogen and oxygen atoms in total. The molecule has 186 valence electrons. The first-order valence-electron chi connectivity index (χ1n) is 11.7. The van der Waals surface area contributed by atoms with Crippen molar-refractivity contribution in [3.63, 3.8) is 0 Å². The quantitative estimate of drug-likeness (QED) is 0.307. The van der Waals surface area contributed by atoms with E-state index >= 15 is 0 Å². The minimum Gasteiger partial charge on any atom is -0.383 e. The van der Waals surface area contributed by atoms with E-state index in [1.54, 1.807) is 22.6 Å². The Labute approximate surface area is 218 Å². The molecular weight excluding hydrogens is 520 g/mol. The summed E-state index contributed by atoms with van der Waals surface area (Å²) in [5.74, 6) is 0.473. The normalized spacial score (nSPS) is 11.9. The van der Waals surface area contributed by atoms with Gasteiger partial charge in [0.05, 0.1) is 34.9 Å². The summed E-state index contributed by atoms with van der Waals surface area (Å²) in [5.41, 5.74) is 3.96. The van der Waals surface area contributed by atoms with Crippen LogP contribution in [0.1, 0.15) is 29.9 Å². The predicted octanol–water partition coefficient (Wildman–Crippen LogP) is 6.01. The second-order valence-corrected chi connectivity index (χ2v) is 9.52. The van der Waals surface area contributed by atoms with Crippen LogP contribution in [-0.4, -0.2) is 40.7 Å². The number of nitrogens with zero attached hydrogens (tertiary/aromatic N) is 3. The van der Waals surface area contributed by atoms with Gasteiger partial charge in [-0.25, -0.2) is 9.78 Å². The van der Waals surface area contributed by atoms with Gasteiger partial charge in [-0.2, -0.15) is 0 Å². The van der Waals surface area contributed by atoms with Crippen molar-refractivity contribution in [1.82, 2.24) is 14.5 Å². The molecule has 0 aliphatic rings. The highest BCUT2D eigenvalue weighted by atomic mass is 79.9. The molecule has 4 aromatic rings. The number of halogens is 1. The molecule has 0 aliphatic carbocycles. The molecule has 36 heavy (non-hydrogen) atoms. The standard InChI is InChI=1S/C28H29BrN4O3/c1-18-13-14-21(17-19(18)2)33-26(30-24-11-7-5-9-22(24)27(33)34)20(3)32(15-16-36-4)28(35)31-25-12-8-6-10-23(25)29/h5-14,17,20H,15-16H2,1-4H3,(H,31,35). The topological polar surface area (TPSA) is 76.5 Å². The molecular formula is C28H29BrN4O3. The zero-order valence-electron chi connectivity index (χ0n) is 20.8. The lowest BCUT2D eigenvalue weighted by atomic mass is 10.1. The molecule has 1 atom stereocenters. The fraction of sp³-hybridized carbons (Fsp3) is 0.250. The van der Waals surface area contributed by atoms with Gasteiger partial charge in [0.25, 0.3) is 5.56 Å². The Morgan fingerprint density at radius 2 is 1.81 bits per heavy atom. The lowest BCUT2D eigenvalue weighted by Gasteiger charge is -2.30. The van der Waals surface area contributed by atoms with E-state index in [-0.39, 0.29) is 11.6 Å². The Morgan fingerprint density at radius 1 is 1.08 bits per heavy atom. The number of hydrogen-bond acceptors (Lipinski definition) is 4. The van der Waals surface area contributed by atoms with Crippen LogP contribution in [0.15, 0.2) is 76.0 Å². The SMILES string of the molecule is COCCN(C(=O)Nc1ccccc1Br)C(C)c1nc2ccccc2c(=O)n1-c1ccc(C)c(C)c1. The van der Waals surface area contributed by atoms with E-state index in [1.807, 2.05) is 81.4 Å². The monoisotopic (exact) mass is 548 g/mol. The molecule has 1 N–H and O–H groups in total. The molecule has 0 saturated carbocycles. The number of fused-ring (bicyclic) bond motifs is 1. The van der Waals surface area contributed by atoms with Crippen molar-refractivity contribution in [2.45, 2.75) is 26.8 Å². The van der Waals surface area contributed by atoms with Crippen molar-refractivity contribution in [3.8, 4) is 5.69 Å². The highest BCUT2D eigenvalue weighted by molar-refractivity contribution is 9.10. The van der Waals surface area contributed by atoms with E-state index in [4.69, 9.17) is 9.72 Å². The Bertz CT molecular complexity index is 1470. The predicted molar refractivity (Wildman–Crippen MR) is 147 cm³/mol. The van der Waals surface area contributed by atoms with Crippen LogP contribution in [0.2, 0.25) is 0 Å². The lowest BCUT2D eigenvalue weighted by molar-refractivity contribution is 0.137. The van der Waals surface area contributed by atoms with Crippen LogP contribution in [-0.2, 0) is 4.74 Å². The molecule has 0 spiro atoms. The molecule has 1 unspecified atom stereocenters. The van der Waals surface area contributed by atoms with Crippen molar-refractivity contribution < 1.29 is 9.53 Å². The Morgan fingerprint density at radius 3 is 2.53 bits per heavy atom. The maximum Gasteiger partial charge on any atom is 0.322 e. The van der Waals surface area contributed by atoms with Crippen LogP contribution in [0.5, 0.6) is 0 Å². The number of urea groups is 1. The van der Waals surface area contributed by atoms with Gasteiger partial charge in [0.2, 0.25) is 0 Å². The molecule has 8 heteroatoms. The number of rotatable bonds is 7. The van der Waals surface area contributed by atoms with E-state index < -0.39 is 6.04 Å². The number of amides is 2. The van der Waals surface area contributed by atoms with Gasteiger partial charge in [0.15, 0.2) is 0 Å². The Balaban J connectivity index is 1.85. The molecule has 1 heterocycles. The maximum atomic E-state index is 13.8. The fourth-order valence-corrected chi connectivity index (χ4v) is 4.48. The van der Waals surface area contributed by atoms with Crippen molar-refractivity contribution in [3.05, 3.63) is 98.5 Å². The number of hydrogen-bond donors (Lipinski definition) is 1. The third-order valence-electron chi connectivity index (χ3n) is 6.30. The molecule has 2 amide bonds. The van der Waals surface area contributed by atoms with Gasteiger partial charge in [-0.05, 0) is 84.2 Å². The Hall–Kier alpha value is -3.49. The average molecular weight is 549 g/mol. The van der Waals surface area contributed by atoms with E-state index in [9.17, 15) is 9.59 Å². The second-order valence-electron chi connectivity index (χ2n) is 8.67. The zero-order valence-corrected chi connectivity index (χ0v) is 22.4. The zero-order chi connectivity index (χ0) is 25.8. The number of para-hydroxylation sites is 2. The van der Waals surface area contributed by atoms with Gasteiger partial charge in [0.1, 0.15) is 5.82 Å². The number of nitrogens with one attached hydrogen (secondary N) is 1. The summed E-state index contributed by atoms with van der Waals surface area (Å²) in [6.07, 6.45) is 0. The van der Waals surface area contributed by atoms with Gasteiger partial charge in [-0.15, -0.1) is 0 Å². The van der Waals surface area contributed by atoms with E-state index in [2.05, 4.69) is 21.2 Å². The number of carbonyl (C=O) groups excluding carboxylic acids is 1. The number of aryl methyl sites for hydroxylation is 2. The number of ether oxygens (including phenoxy) is 1. The van der Waals surface area contributed by atoms with E-state index in [1.165, 1.54) is 0 Å². The van der Waals surface area contributed by atoms with Crippen molar-refractivity contribution in [1.29, 1.82) is 0 Å². The van der Waals surface area contributed by atoms with Crippen LogP contribution in [0.4, 0.5) is 10.5 Å². The third-order valence-corrected chi connectivity index (χ3v) is 7.00. The second kappa shape index (κ2) is 11.1. The van der Waals surface area contributed by atoms with Gasteiger partial charge < -0.3 is 15.0 Å². The molecule has 0 fully saturated rings. The summed E-state index contributed by atoms with van der Waals surface area (Å²) >= 11 is 3.48. The van der Waals surface area contributed by atoms with Gasteiger partial charge in [-0.1, -0.05) is 30.3 Å². The highest BCUT2D eigenvalue weighted by Crippen LogP contribution is 2.26. The van der Waals surface area contributed by atoms with Gasteiger partial charge >= 0.3 is 6.03 Å². The number of carbonyl (C=O) groups is 1. The van der Waals surface area contributed by atoms with Crippen molar-refractivity contribution >= 4 is 38.6 Å². The molecule has 4 rings (SSSR count). The summed E-state index contributed by atoms with van der Waals surface area (Å²) in [6, 6.07) is 19.7. The number of benzene rings is 3. The summed E-state index contributed by atoms with van der Waals surface area (Å²) in [4.78, 5) is 33.8. The molecule has 0 radical (unpaired) electrons. The highest BCUT2D eigenvalue weighted by Gasteiger charge is 2.27. The lowest BCUT2D eigenvalue weighted by Crippen LogP contribution is -2.41.